The Bertz CT molecular complexity index is 942. The number of carbonyl (C=O) groups is 1. The molecule has 0 bridgehead atoms. The molecule has 0 radical (unpaired) electrons. The highest BCUT2D eigenvalue weighted by atomic mass is 16.5. The fourth-order valence-electron chi connectivity index (χ4n) is 3.07. The van der Waals surface area contributed by atoms with Crippen molar-refractivity contribution in [3.8, 4) is 11.5 Å². The lowest BCUT2D eigenvalue weighted by Crippen LogP contribution is -2.41. The van der Waals surface area contributed by atoms with Gasteiger partial charge < -0.3 is 14.8 Å². The maximum absolute atomic E-state index is 13.0. The summed E-state index contributed by atoms with van der Waals surface area (Å²) in [6.07, 6.45) is 0. The van der Waals surface area contributed by atoms with E-state index in [1.807, 2.05) is 74.5 Å². The SMILES string of the molecule is COc1ccc(C(C)(C)NC(=O)c2cccc3ccccc23)cc1OC. The fraction of sp³-hybridized carbons (Fsp3) is 0.227. The molecule has 134 valence electrons. The summed E-state index contributed by atoms with van der Waals surface area (Å²) in [5, 5.41) is 5.12. The summed E-state index contributed by atoms with van der Waals surface area (Å²) in [6.45, 7) is 3.94. The molecule has 3 aromatic carbocycles. The van der Waals surface area contributed by atoms with E-state index in [-0.39, 0.29) is 5.91 Å². The van der Waals surface area contributed by atoms with Crippen LogP contribution in [0.4, 0.5) is 0 Å². The third-order valence-corrected chi connectivity index (χ3v) is 4.57. The third-order valence-electron chi connectivity index (χ3n) is 4.57. The van der Waals surface area contributed by atoms with Crippen molar-refractivity contribution in [3.05, 3.63) is 71.8 Å². The first-order valence-corrected chi connectivity index (χ1v) is 8.49. The first kappa shape index (κ1) is 17.8. The van der Waals surface area contributed by atoms with Crippen molar-refractivity contribution in [2.24, 2.45) is 0 Å². The van der Waals surface area contributed by atoms with Gasteiger partial charge in [0.2, 0.25) is 0 Å². The molecule has 0 aliphatic rings. The lowest BCUT2D eigenvalue weighted by Gasteiger charge is -2.28. The summed E-state index contributed by atoms with van der Waals surface area (Å²) in [5.74, 6) is 1.19. The molecule has 3 aromatic rings. The molecular formula is C22H23NO3. The number of hydrogen-bond acceptors (Lipinski definition) is 3. The van der Waals surface area contributed by atoms with Crippen LogP contribution in [0.5, 0.6) is 11.5 Å². The number of carbonyl (C=O) groups excluding carboxylic acids is 1. The topological polar surface area (TPSA) is 47.6 Å². The first-order chi connectivity index (χ1) is 12.5. The van der Waals surface area contributed by atoms with Gasteiger partial charge in [-0.2, -0.15) is 0 Å². The van der Waals surface area contributed by atoms with Gasteiger partial charge in [0, 0.05) is 5.56 Å². The Morgan fingerprint density at radius 1 is 0.885 bits per heavy atom. The van der Waals surface area contributed by atoms with Crippen LogP contribution in [-0.2, 0) is 5.54 Å². The maximum atomic E-state index is 13.0. The summed E-state index contributed by atoms with van der Waals surface area (Å²) < 4.78 is 10.7. The van der Waals surface area contributed by atoms with Crippen LogP contribution in [0.15, 0.2) is 60.7 Å². The number of hydrogen-bond donors (Lipinski definition) is 1. The summed E-state index contributed by atoms with van der Waals surface area (Å²) in [5.41, 5.74) is 1.02. The Labute approximate surface area is 153 Å². The second kappa shape index (κ2) is 7.08. The monoisotopic (exact) mass is 349 g/mol. The molecule has 0 aliphatic carbocycles. The van der Waals surface area contributed by atoms with Crippen molar-refractivity contribution in [2.45, 2.75) is 19.4 Å². The fourth-order valence-corrected chi connectivity index (χ4v) is 3.07. The molecule has 0 aromatic heterocycles. The molecule has 0 saturated carbocycles. The van der Waals surface area contributed by atoms with E-state index in [4.69, 9.17) is 9.47 Å². The first-order valence-electron chi connectivity index (χ1n) is 8.49. The van der Waals surface area contributed by atoms with Gasteiger partial charge in [0.1, 0.15) is 0 Å². The molecule has 3 rings (SSSR count). The number of ether oxygens (including phenoxy) is 2. The number of amides is 1. The van der Waals surface area contributed by atoms with Gasteiger partial charge in [-0.15, -0.1) is 0 Å². The highest BCUT2D eigenvalue weighted by Gasteiger charge is 2.25. The normalized spacial score (nSPS) is 11.2. The van der Waals surface area contributed by atoms with E-state index in [9.17, 15) is 4.79 Å². The van der Waals surface area contributed by atoms with Gasteiger partial charge in [0.05, 0.1) is 19.8 Å². The zero-order chi connectivity index (χ0) is 18.7. The predicted octanol–water partition coefficient (Wildman–Crippen LogP) is 4.52. The van der Waals surface area contributed by atoms with Gasteiger partial charge in [-0.1, -0.05) is 42.5 Å². The van der Waals surface area contributed by atoms with E-state index in [0.717, 1.165) is 16.3 Å². The van der Waals surface area contributed by atoms with Crippen LogP contribution in [0.3, 0.4) is 0 Å². The molecule has 1 amide bonds. The van der Waals surface area contributed by atoms with Crippen molar-refractivity contribution >= 4 is 16.7 Å². The van der Waals surface area contributed by atoms with Crippen LogP contribution in [0.2, 0.25) is 0 Å². The average molecular weight is 349 g/mol. The molecule has 0 saturated heterocycles. The van der Waals surface area contributed by atoms with E-state index in [1.54, 1.807) is 14.2 Å². The van der Waals surface area contributed by atoms with E-state index < -0.39 is 5.54 Å². The van der Waals surface area contributed by atoms with Crippen molar-refractivity contribution in [1.29, 1.82) is 0 Å². The number of nitrogens with one attached hydrogen (secondary N) is 1. The molecule has 0 heterocycles. The highest BCUT2D eigenvalue weighted by Crippen LogP contribution is 2.32. The average Bonchev–Trinajstić information content (AvgIpc) is 2.66. The van der Waals surface area contributed by atoms with Crippen molar-refractivity contribution < 1.29 is 14.3 Å². The quantitative estimate of drug-likeness (QED) is 0.736. The van der Waals surface area contributed by atoms with Crippen molar-refractivity contribution in [3.63, 3.8) is 0 Å². The molecule has 4 nitrogen and oxygen atoms in total. The Morgan fingerprint density at radius 2 is 1.58 bits per heavy atom. The van der Waals surface area contributed by atoms with Gasteiger partial charge in [0.15, 0.2) is 11.5 Å². The van der Waals surface area contributed by atoms with Gasteiger partial charge in [-0.05, 0) is 48.4 Å². The number of methoxy groups -OCH3 is 2. The van der Waals surface area contributed by atoms with Crippen molar-refractivity contribution in [2.75, 3.05) is 14.2 Å². The van der Waals surface area contributed by atoms with E-state index in [2.05, 4.69) is 5.32 Å². The molecule has 0 aliphatic heterocycles. The third kappa shape index (κ3) is 3.36. The molecule has 0 unspecified atom stereocenters. The second-order valence-corrected chi connectivity index (χ2v) is 6.68. The Balaban J connectivity index is 1.92. The Hall–Kier alpha value is -3.01. The van der Waals surface area contributed by atoms with Gasteiger partial charge >= 0.3 is 0 Å². The summed E-state index contributed by atoms with van der Waals surface area (Å²) >= 11 is 0. The van der Waals surface area contributed by atoms with Crippen LogP contribution in [0, 0.1) is 0 Å². The molecule has 4 heteroatoms. The summed E-state index contributed by atoms with van der Waals surface area (Å²) in [7, 11) is 3.20. The Morgan fingerprint density at radius 3 is 2.31 bits per heavy atom. The number of rotatable bonds is 5. The number of benzene rings is 3. The van der Waals surface area contributed by atoms with Crippen LogP contribution < -0.4 is 14.8 Å². The standard InChI is InChI=1S/C22H23NO3/c1-22(2,16-12-13-19(25-3)20(14-16)26-4)23-21(24)18-11-7-9-15-8-5-6-10-17(15)18/h5-14H,1-4H3,(H,23,24). The van der Waals surface area contributed by atoms with E-state index >= 15 is 0 Å². The lowest BCUT2D eigenvalue weighted by atomic mass is 9.93. The van der Waals surface area contributed by atoms with Gasteiger partial charge in [-0.3, -0.25) is 4.79 Å². The van der Waals surface area contributed by atoms with Crippen LogP contribution in [-0.4, -0.2) is 20.1 Å². The molecular weight excluding hydrogens is 326 g/mol. The zero-order valence-electron chi connectivity index (χ0n) is 15.5. The summed E-state index contributed by atoms with van der Waals surface area (Å²) in [6, 6.07) is 19.3. The maximum Gasteiger partial charge on any atom is 0.252 e. The highest BCUT2D eigenvalue weighted by molar-refractivity contribution is 6.07. The molecule has 0 spiro atoms. The zero-order valence-corrected chi connectivity index (χ0v) is 15.5. The molecule has 1 N–H and O–H groups in total. The van der Waals surface area contributed by atoms with Crippen LogP contribution in [0.25, 0.3) is 10.8 Å². The van der Waals surface area contributed by atoms with Gasteiger partial charge in [-0.25, -0.2) is 0 Å². The minimum absolute atomic E-state index is 0.110. The minimum Gasteiger partial charge on any atom is -0.493 e. The van der Waals surface area contributed by atoms with Crippen molar-refractivity contribution in [1.82, 2.24) is 5.32 Å². The van der Waals surface area contributed by atoms with Gasteiger partial charge in [0.25, 0.3) is 5.91 Å². The lowest BCUT2D eigenvalue weighted by molar-refractivity contribution is 0.0913. The molecule has 0 fully saturated rings. The van der Waals surface area contributed by atoms with Crippen LogP contribution in [0.1, 0.15) is 29.8 Å². The predicted molar refractivity (Wildman–Crippen MR) is 104 cm³/mol. The number of fused-ring (bicyclic) bond motifs is 1. The van der Waals surface area contributed by atoms with E-state index in [0.29, 0.717) is 17.1 Å². The second-order valence-electron chi connectivity index (χ2n) is 6.68. The Kier molecular flexibility index (Phi) is 4.85. The molecule has 0 atom stereocenters. The van der Waals surface area contributed by atoms with Crippen LogP contribution >= 0.6 is 0 Å². The smallest absolute Gasteiger partial charge is 0.252 e. The van der Waals surface area contributed by atoms with E-state index in [1.165, 1.54) is 0 Å². The molecule has 26 heavy (non-hydrogen) atoms. The largest absolute Gasteiger partial charge is 0.493 e. The summed E-state index contributed by atoms with van der Waals surface area (Å²) in [4.78, 5) is 13.0. The minimum atomic E-state index is -0.576.